The lowest BCUT2D eigenvalue weighted by molar-refractivity contribution is 0.0969. The summed E-state index contributed by atoms with van der Waals surface area (Å²) in [4.78, 5) is 22.5. The summed E-state index contributed by atoms with van der Waals surface area (Å²) < 4.78 is 7.36. The van der Waals surface area contributed by atoms with Gasteiger partial charge < -0.3 is 14.0 Å². The third kappa shape index (κ3) is 2.64. The smallest absolute Gasteiger partial charge is 0.262 e. The van der Waals surface area contributed by atoms with Crippen molar-refractivity contribution in [3.63, 3.8) is 0 Å². The van der Waals surface area contributed by atoms with Crippen LogP contribution in [-0.4, -0.2) is 29.4 Å². The number of aryl methyl sites for hydroxylation is 1. The second kappa shape index (κ2) is 6.91. The number of imidazole rings is 1. The fourth-order valence-electron chi connectivity index (χ4n) is 4.22. The van der Waals surface area contributed by atoms with Crippen LogP contribution >= 0.6 is 0 Å². The van der Waals surface area contributed by atoms with Gasteiger partial charge in [0.05, 0.1) is 23.9 Å². The first-order valence-corrected chi connectivity index (χ1v) is 9.83. The first-order valence-electron chi connectivity index (χ1n) is 9.83. The van der Waals surface area contributed by atoms with Crippen LogP contribution in [0, 0.1) is 6.92 Å². The van der Waals surface area contributed by atoms with Crippen LogP contribution in [0.15, 0.2) is 72.9 Å². The zero-order chi connectivity index (χ0) is 20.8. The molecule has 1 aliphatic heterocycles. The van der Waals surface area contributed by atoms with Crippen LogP contribution < -0.4 is 14.5 Å². The van der Waals surface area contributed by atoms with E-state index in [1.165, 1.54) is 0 Å². The molecule has 1 atom stereocenters. The summed E-state index contributed by atoms with van der Waals surface area (Å²) in [5.41, 5.74) is 4.19. The number of hydrogen-bond acceptors (Lipinski definition) is 4. The number of carbonyl (C=O) groups is 1. The summed E-state index contributed by atoms with van der Waals surface area (Å²) in [7, 11) is 3.64. The Labute approximate surface area is 174 Å². The Hall–Kier alpha value is -3.80. The molecular formula is C24H22N4O2. The number of carbonyl (C=O) groups excluding carboxylic acids is 1. The number of aromatic nitrogens is 2. The van der Waals surface area contributed by atoms with E-state index in [1.54, 1.807) is 7.11 Å². The average molecular weight is 398 g/mol. The number of nitrogens with zero attached hydrogens (tertiary/aromatic N) is 4. The van der Waals surface area contributed by atoms with E-state index in [0.717, 1.165) is 34.2 Å². The molecule has 0 saturated carbocycles. The van der Waals surface area contributed by atoms with E-state index in [-0.39, 0.29) is 12.1 Å². The lowest BCUT2D eigenvalue weighted by Gasteiger charge is -2.43. The topological polar surface area (TPSA) is 50.1 Å². The van der Waals surface area contributed by atoms with Gasteiger partial charge in [-0.05, 0) is 55.5 Å². The third-order valence-electron chi connectivity index (χ3n) is 5.69. The molecule has 4 aromatic rings. The van der Waals surface area contributed by atoms with Gasteiger partial charge in [-0.15, -0.1) is 0 Å². The number of methoxy groups -OCH3 is 1. The van der Waals surface area contributed by atoms with E-state index in [1.807, 2.05) is 91.8 Å². The first-order chi connectivity index (χ1) is 14.6. The molecule has 0 aliphatic carbocycles. The molecule has 0 N–H and O–H groups in total. The summed E-state index contributed by atoms with van der Waals surface area (Å²) in [5.74, 6) is 1.58. The standard InChI is InChI=1S/C24H22N4O2/c1-16-25-22(21-10-6-7-15-27(16)21)23-26(2)20-9-5-4-8-19(20)24(29)28(23)17-11-13-18(30-3)14-12-17/h4-15,23H,1-3H3/t23-/m1/s1. The second-order valence-electron chi connectivity index (χ2n) is 7.38. The molecule has 3 heterocycles. The van der Waals surface area contributed by atoms with Gasteiger partial charge >= 0.3 is 0 Å². The summed E-state index contributed by atoms with van der Waals surface area (Å²) in [6, 6.07) is 21.3. The van der Waals surface area contributed by atoms with Gasteiger partial charge in [-0.25, -0.2) is 4.98 Å². The van der Waals surface area contributed by atoms with E-state index >= 15 is 0 Å². The molecule has 150 valence electrons. The summed E-state index contributed by atoms with van der Waals surface area (Å²) in [6.07, 6.45) is 1.61. The van der Waals surface area contributed by atoms with E-state index in [9.17, 15) is 4.79 Å². The molecule has 6 nitrogen and oxygen atoms in total. The number of ether oxygens (including phenoxy) is 1. The fourth-order valence-corrected chi connectivity index (χ4v) is 4.22. The van der Waals surface area contributed by atoms with Crippen LogP contribution in [0.5, 0.6) is 5.75 Å². The van der Waals surface area contributed by atoms with Gasteiger partial charge in [0, 0.05) is 18.9 Å². The molecule has 6 heteroatoms. The Morgan fingerprint density at radius 1 is 0.967 bits per heavy atom. The highest BCUT2D eigenvalue weighted by Crippen LogP contribution is 2.41. The number of benzene rings is 2. The number of para-hydroxylation sites is 1. The van der Waals surface area contributed by atoms with Crippen LogP contribution in [0.2, 0.25) is 0 Å². The van der Waals surface area contributed by atoms with Gasteiger partial charge in [0.1, 0.15) is 17.3 Å². The number of hydrogen-bond donors (Lipinski definition) is 0. The molecular weight excluding hydrogens is 376 g/mol. The molecule has 0 radical (unpaired) electrons. The monoisotopic (exact) mass is 398 g/mol. The maximum absolute atomic E-state index is 13.7. The van der Waals surface area contributed by atoms with Crippen molar-refractivity contribution < 1.29 is 9.53 Å². The number of fused-ring (bicyclic) bond motifs is 2. The molecule has 0 saturated heterocycles. The number of pyridine rings is 1. The Morgan fingerprint density at radius 2 is 1.70 bits per heavy atom. The molecule has 5 rings (SSSR count). The molecule has 0 spiro atoms. The lowest BCUT2D eigenvalue weighted by atomic mass is 10.0. The Morgan fingerprint density at radius 3 is 2.47 bits per heavy atom. The number of rotatable bonds is 3. The van der Waals surface area contributed by atoms with Gasteiger partial charge in [-0.1, -0.05) is 18.2 Å². The largest absolute Gasteiger partial charge is 0.497 e. The van der Waals surface area contributed by atoms with E-state index < -0.39 is 0 Å². The van der Waals surface area contributed by atoms with E-state index in [2.05, 4.69) is 9.30 Å². The highest BCUT2D eigenvalue weighted by atomic mass is 16.5. The maximum atomic E-state index is 13.7. The van der Waals surface area contributed by atoms with E-state index in [0.29, 0.717) is 5.56 Å². The predicted molar refractivity (Wildman–Crippen MR) is 117 cm³/mol. The Kier molecular flexibility index (Phi) is 4.20. The van der Waals surface area contributed by atoms with Crippen LogP contribution in [0.25, 0.3) is 5.52 Å². The van der Waals surface area contributed by atoms with Crippen molar-refractivity contribution >= 4 is 22.8 Å². The third-order valence-corrected chi connectivity index (χ3v) is 5.69. The molecule has 0 fully saturated rings. The first kappa shape index (κ1) is 18.2. The zero-order valence-corrected chi connectivity index (χ0v) is 17.1. The molecule has 2 aromatic carbocycles. The van der Waals surface area contributed by atoms with E-state index in [4.69, 9.17) is 9.72 Å². The fraction of sp³-hybridized carbons (Fsp3) is 0.167. The molecule has 0 unspecified atom stereocenters. The zero-order valence-electron chi connectivity index (χ0n) is 17.1. The molecule has 1 amide bonds. The maximum Gasteiger partial charge on any atom is 0.262 e. The van der Waals surface area contributed by atoms with Crippen molar-refractivity contribution in [2.24, 2.45) is 0 Å². The lowest BCUT2D eigenvalue weighted by Crippen LogP contribution is -2.48. The molecule has 30 heavy (non-hydrogen) atoms. The minimum absolute atomic E-state index is 0.0476. The highest BCUT2D eigenvalue weighted by Gasteiger charge is 2.39. The van der Waals surface area contributed by atoms with Crippen molar-refractivity contribution in [1.29, 1.82) is 0 Å². The van der Waals surface area contributed by atoms with Gasteiger partial charge in [0.15, 0.2) is 6.17 Å². The quantitative estimate of drug-likeness (QED) is 0.512. The minimum Gasteiger partial charge on any atom is -0.497 e. The molecule has 0 bridgehead atoms. The minimum atomic E-state index is -0.383. The van der Waals surface area contributed by atoms with Crippen LogP contribution in [0.4, 0.5) is 11.4 Å². The summed E-state index contributed by atoms with van der Waals surface area (Å²) in [6.45, 7) is 1.98. The van der Waals surface area contributed by atoms with Crippen molar-refractivity contribution in [2.45, 2.75) is 13.1 Å². The van der Waals surface area contributed by atoms with Crippen molar-refractivity contribution in [3.8, 4) is 5.75 Å². The van der Waals surface area contributed by atoms with Gasteiger partial charge in [0.2, 0.25) is 0 Å². The number of anilines is 2. The SMILES string of the molecule is COc1ccc(N2C(=O)c3ccccc3N(C)[C@H]2c2nc(C)n3ccccc23)cc1. The van der Waals surface area contributed by atoms with Crippen LogP contribution in [-0.2, 0) is 0 Å². The second-order valence-corrected chi connectivity index (χ2v) is 7.38. The van der Waals surface area contributed by atoms with Crippen molar-refractivity contribution in [1.82, 2.24) is 9.38 Å². The summed E-state index contributed by atoms with van der Waals surface area (Å²) in [5, 5.41) is 0. The normalized spacial score (nSPS) is 16.1. The summed E-state index contributed by atoms with van der Waals surface area (Å²) >= 11 is 0. The van der Waals surface area contributed by atoms with Crippen LogP contribution in [0.1, 0.15) is 28.0 Å². The predicted octanol–water partition coefficient (Wildman–Crippen LogP) is 4.45. The van der Waals surface area contributed by atoms with Crippen LogP contribution in [0.3, 0.4) is 0 Å². The van der Waals surface area contributed by atoms with Gasteiger partial charge in [-0.3, -0.25) is 9.69 Å². The van der Waals surface area contributed by atoms with Gasteiger partial charge in [-0.2, -0.15) is 0 Å². The number of amides is 1. The Bertz CT molecular complexity index is 1250. The van der Waals surface area contributed by atoms with Gasteiger partial charge in [0.25, 0.3) is 5.91 Å². The van der Waals surface area contributed by atoms with Crippen molar-refractivity contribution in [3.05, 3.63) is 90.0 Å². The molecule has 2 aromatic heterocycles. The Balaban J connectivity index is 1.75. The highest BCUT2D eigenvalue weighted by molar-refractivity contribution is 6.12. The molecule has 1 aliphatic rings. The van der Waals surface area contributed by atoms with Crippen molar-refractivity contribution in [2.75, 3.05) is 24.0 Å². The average Bonchev–Trinajstić information content (AvgIpc) is 3.12.